The van der Waals surface area contributed by atoms with Gasteiger partial charge in [0.05, 0.1) is 18.8 Å². The molecule has 0 spiro atoms. The Bertz CT molecular complexity index is 726. The van der Waals surface area contributed by atoms with E-state index in [-0.39, 0.29) is 12.5 Å². The molecule has 0 rings (SSSR count). The van der Waals surface area contributed by atoms with Gasteiger partial charge in [0.25, 0.3) is 0 Å². The van der Waals surface area contributed by atoms with E-state index < -0.39 is 12.1 Å². The van der Waals surface area contributed by atoms with Gasteiger partial charge in [-0.25, -0.2) is 0 Å². The van der Waals surface area contributed by atoms with Crippen molar-refractivity contribution in [3.8, 4) is 0 Å². The molecule has 4 heteroatoms. The summed E-state index contributed by atoms with van der Waals surface area (Å²) in [4.78, 5) is 12.2. The topological polar surface area (TPSA) is 69.6 Å². The Kier molecular flexibility index (Phi) is 35.5. The Labute approximate surface area is 280 Å². The van der Waals surface area contributed by atoms with Gasteiger partial charge in [-0.2, -0.15) is 0 Å². The van der Waals surface area contributed by atoms with E-state index in [2.05, 4.69) is 67.8 Å². The molecule has 0 heterocycles. The number of amides is 1. The van der Waals surface area contributed by atoms with Crippen LogP contribution in [0.3, 0.4) is 0 Å². The number of aliphatic hydroxyl groups is 2. The minimum atomic E-state index is -0.654. The van der Waals surface area contributed by atoms with Crippen LogP contribution in [0.5, 0.6) is 0 Å². The van der Waals surface area contributed by atoms with E-state index in [9.17, 15) is 15.0 Å². The number of hydrogen-bond donors (Lipinski definition) is 3. The van der Waals surface area contributed by atoms with Crippen LogP contribution >= 0.6 is 0 Å². The smallest absolute Gasteiger partial charge is 0.220 e. The van der Waals surface area contributed by atoms with Gasteiger partial charge in [-0.15, -0.1) is 0 Å². The minimum absolute atomic E-state index is 0.0423. The first-order chi connectivity index (χ1) is 22.2. The molecule has 2 unspecified atom stereocenters. The maximum Gasteiger partial charge on any atom is 0.220 e. The fourth-order valence-corrected chi connectivity index (χ4v) is 5.64. The fraction of sp³-hybridized carbons (Fsp3) is 0.780. The third-order valence-electron chi connectivity index (χ3n) is 8.60. The second-order valence-corrected chi connectivity index (χ2v) is 13.0. The number of allylic oxidation sites excluding steroid dienone is 8. The van der Waals surface area contributed by atoms with Gasteiger partial charge >= 0.3 is 0 Å². The molecule has 0 aliphatic heterocycles. The zero-order chi connectivity index (χ0) is 32.9. The van der Waals surface area contributed by atoms with E-state index in [0.29, 0.717) is 12.8 Å². The molecule has 0 saturated carbocycles. The highest BCUT2D eigenvalue weighted by Gasteiger charge is 2.19. The SMILES string of the molecule is CC/C=C\C/C=C\C/C=C\C/C=C\CCCCCCCCCCCCCCCCCCC(=O)NC(CO)C(O)CCCCCC. The summed E-state index contributed by atoms with van der Waals surface area (Å²) in [5, 5.41) is 22.6. The van der Waals surface area contributed by atoms with Gasteiger partial charge in [0.2, 0.25) is 5.91 Å². The third kappa shape index (κ3) is 33.5. The average Bonchev–Trinajstić information content (AvgIpc) is 3.04. The molecule has 0 aliphatic rings. The van der Waals surface area contributed by atoms with Gasteiger partial charge in [0.1, 0.15) is 0 Å². The van der Waals surface area contributed by atoms with Crippen LogP contribution in [0.25, 0.3) is 0 Å². The molecule has 0 aromatic heterocycles. The number of aliphatic hydroxyl groups excluding tert-OH is 2. The van der Waals surface area contributed by atoms with Crippen molar-refractivity contribution < 1.29 is 15.0 Å². The summed E-state index contributed by atoms with van der Waals surface area (Å²) in [7, 11) is 0. The molecule has 0 fully saturated rings. The van der Waals surface area contributed by atoms with Crippen molar-refractivity contribution in [1.82, 2.24) is 5.32 Å². The molecule has 0 bridgehead atoms. The highest BCUT2D eigenvalue weighted by molar-refractivity contribution is 5.76. The Morgan fingerprint density at radius 2 is 0.978 bits per heavy atom. The van der Waals surface area contributed by atoms with Crippen LogP contribution < -0.4 is 5.32 Å². The standard InChI is InChI=1S/C41H75NO3/c1-3-5-7-9-10-11-12-13-14-15-16-17-18-19-20-21-22-23-24-25-26-27-28-29-30-31-32-33-35-37-41(45)42-39(38-43)40(44)36-34-8-6-4-2/h5,7,10-11,13-14,16-17,39-40,43-44H,3-4,6,8-9,12,15,18-38H2,1-2H3,(H,42,45)/b7-5-,11-10-,14-13-,17-16-. The Morgan fingerprint density at radius 1 is 0.556 bits per heavy atom. The summed E-state index contributed by atoms with van der Waals surface area (Å²) >= 11 is 0. The summed E-state index contributed by atoms with van der Waals surface area (Å²) in [6.07, 6.45) is 49.4. The van der Waals surface area contributed by atoms with Crippen LogP contribution in [-0.2, 0) is 4.79 Å². The van der Waals surface area contributed by atoms with Crippen molar-refractivity contribution in [2.75, 3.05) is 6.61 Å². The molecule has 1 amide bonds. The van der Waals surface area contributed by atoms with Crippen molar-refractivity contribution in [2.24, 2.45) is 0 Å². The Hall–Kier alpha value is -1.65. The number of carbonyl (C=O) groups is 1. The number of nitrogens with one attached hydrogen (secondary N) is 1. The van der Waals surface area contributed by atoms with Crippen molar-refractivity contribution in [2.45, 2.75) is 199 Å². The van der Waals surface area contributed by atoms with E-state index in [0.717, 1.165) is 57.8 Å². The summed E-state index contributed by atoms with van der Waals surface area (Å²) < 4.78 is 0. The first kappa shape index (κ1) is 43.4. The largest absolute Gasteiger partial charge is 0.394 e. The van der Waals surface area contributed by atoms with Gasteiger partial charge in [-0.05, 0) is 51.4 Å². The zero-order valence-corrected chi connectivity index (χ0v) is 29.9. The summed E-state index contributed by atoms with van der Waals surface area (Å²) in [5.74, 6) is -0.0423. The second kappa shape index (κ2) is 36.8. The van der Waals surface area contributed by atoms with E-state index in [1.54, 1.807) is 0 Å². The minimum Gasteiger partial charge on any atom is -0.394 e. The molecule has 2 atom stereocenters. The predicted molar refractivity (Wildman–Crippen MR) is 198 cm³/mol. The van der Waals surface area contributed by atoms with Gasteiger partial charge in [-0.1, -0.05) is 178 Å². The van der Waals surface area contributed by atoms with Crippen molar-refractivity contribution in [3.63, 3.8) is 0 Å². The lowest BCUT2D eigenvalue weighted by Gasteiger charge is -2.22. The van der Waals surface area contributed by atoms with Crippen molar-refractivity contribution >= 4 is 5.91 Å². The molecule has 262 valence electrons. The monoisotopic (exact) mass is 630 g/mol. The maximum absolute atomic E-state index is 12.2. The molecular weight excluding hydrogens is 554 g/mol. The lowest BCUT2D eigenvalue weighted by atomic mass is 10.0. The quantitative estimate of drug-likeness (QED) is 0.0490. The molecule has 3 N–H and O–H groups in total. The summed E-state index contributed by atoms with van der Waals surface area (Å²) in [5.41, 5.74) is 0. The van der Waals surface area contributed by atoms with Gasteiger partial charge in [0, 0.05) is 6.42 Å². The van der Waals surface area contributed by atoms with Crippen LogP contribution in [0.2, 0.25) is 0 Å². The van der Waals surface area contributed by atoms with Crippen LogP contribution in [0.15, 0.2) is 48.6 Å². The molecule has 0 aromatic rings. The molecule has 0 radical (unpaired) electrons. The van der Waals surface area contributed by atoms with Gasteiger partial charge in [-0.3, -0.25) is 4.79 Å². The zero-order valence-electron chi connectivity index (χ0n) is 29.9. The predicted octanol–water partition coefficient (Wildman–Crippen LogP) is 11.6. The Morgan fingerprint density at radius 3 is 1.44 bits per heavy atom. The molecule has 0 aliphatic carbocycles. The van der Waals surface area contributed by atoms with Crippen LogP contribution in [-0.4, -0.2) is 34.9 Å². The van der Waals surface area contributed by atoms with Crippen LogP contribution in [0.1, 0.15) is 187 Å². The second-order valence-electron chi connectivity index (χ2n) is 13.0. The van der Waals surface area contributed by atoms with E-state index in [1.165, 1.54) is 103 Å². The van der Waals surface area contributed by atoms with Gasteiger partial charge in [0.15, 0.2) is 0 Å². The highest BCUT2D eigenvalue weighted by Crippen LogP contribution is 2.15. The van der Waals surface area contributed by atoms with Gasteiger partial charge < -0.3 is 15.5 Å². The van der Waals surface area contributed by atoms with Crippen molar-refractivity contribution in [1.29, 1.82) is 0 Å². The van der Waals surface area contributed by atoms with E-state index in [4.69, 9.17) is 0 Å². The normalized spacial score (nSPS) is 13.6. The Balaban J connectivity index is 3.39. The molecule has 0 aromatic carbocycles. The lowest BCUT2D eigenvalue weighted by Crippen LogP contribution is -2.45. The van der Waals surface area contributed by atoms with Crippen molar-refractivity contribution in [3.05, 3.63) is 48.6 Å². The molecule has 0 saturated heterocycles. The summed E-state index contributed by atoms with van der Waals surface area (Å²) in [6, 6.07) is -0.531. The fourth-order valence-electron chi connectivity index (χ4n) is 5.64. The summed E-state index contributed by atoms with van der Waals surface area (Å²) in [6.45, 7) is 4.13. The number of carbonyl (C=O) groups excluding carboxylic acids is 1. The first-order valence-corrected chi connectivity index (χ1v) is 19.3. The third-order valence-corrected chi connectivity index (χ3v) is 8.60. The van der Waals surface area contributed by atoms with E-state index >= 15 is 0 Å². The van der Waals surface area contributed by atoms with E-state index in [1.807, 2.05) is 0 Å². The maximum atomic E-state index is 12.2. The molecule has 45 heavy (non-hydrogen) atoms. The molecule has 4 nitrogen and oxygen atoms in total. The first-order valence-electron chi connectivity index (χ1n) is 19.3. The number of unbranched alkanes of at least 4 members (excludes halogenated alkanes) is 19. The number of hydrogen-bond acceptors (Lipinski definition) is 3. The average molecular weight is 630 g/mol. The lowest BCUT2D eigenvalue weighted by molar-refractivity contribution is -0.123. The van der Waals surface area contributed by atoms with Crippen LogP contribution in [0.4, 0.5) is 0 Å². The number of rotatable bonds is 34. The highest BCUT2D eigenvalue weighted by atomic mass is 16.3. The van der Waals surface area contributed by atoms with Crippen LogP contribution in [0, 0.1) is 0 Å². The molecular formula is C41H75NO3.